The first kappa shape index (κ1) is 20.7. The van der Waals surface area contributed by atoms with Crippen molar-refractivity contribution < 1.29 is 23.5 Å². The van der Waals surface area contributed by atoms with Crippen LogP contribution in [0.3, 0.4) is 0 Å². The molecule has 0 radical (unpaired) electrons. The summed E-state index contributed by atoms with van der Waals surface area (Å²) in [5, 5.41) is 2.78. The molecule has 6 nitrogen and oxygen atoms in total. The molecule has 0 aliphatic carbocycles. The van der Waals surface area contributed by atoms with Crippen LogP contribution < -0.4 is 5.32 Å². The fourth-order valence-corrected chi connectivity index (χ4v) is 4.93. The lowest BCUT2D eigenvalue weighted by molar-refractivity contribution is -0.145. The number of likely N-dealkylation sites (tertiary alicyclic amines) is 1. The normalized spacial score (nSPS) is 21.8. The van der Waals surface area contributed by atoms with E-state index in [-0.39, 0.29) is 23.7 Å². The minimum absolute atomic E-state index is 0.118. The van der Waals surface area contributed by atoms with Crippen molar-refractivity contribution in [3.05, 3.63) is 64.5 Å². The molecule has 7 heteroatoms. The van der Waals surface area contributed by atoms with Crippen LogP contribution in [-0.4, -0.2) is 43.0 Å². The monoisotopic (exact) mass is 436 g/mol. The second-order valence-electron chi connectivity index (χ2n) is 8.45. The Morgan fingerprint density at radius 1 is 1.25 bits per heavy atom. The Labute approximate surface area is 186 Å². The number of hydrogen-bond donors (Lipinski definition) is 1. The smallest absolute Gasteiger partial charge is 0.323 e. The second-order valence-corrected chi connectivity index (χ2v) is 8.45. The van der Waals surface area contributed by atoms with Crippen LogP contribution in [0, 0.1) is 5.82 Å². The molecule has 1 fully saturated rings. The molecular weight excluding hydrogens is 411 g/mol. The molecule has 1 N–H and O–H groups in total. The zero-order valence-corrected chi connectivity index (χ0v) is 17.9. The molecule has 1 unspecified atom stereocenters. The fourth-order valence-electron chi connectivity index (χ4n) is 4.93. The molecule has 0 aromatic heterocycles. The number of rotatable bonds is 5. The lowest BCUT2D eigenvalue weighted by Crippen LogP contribution is -2.37. The van der Waals surface area contributed by atoms with Gasteiger partial charge in [0.15, 0.2) is 0 Å². The van der Waals surface area contributed by atoms with Crippen molar-refractivity contribution in [3.8, 4) is 0 Å². The number of nitrogens with one attached hydrogen (secondary N) is 1. The molecule has 0 saturated carbocycles. The minimum Gasteiger partial charge on any atom is -0.487 e. The van der Waals surface area contributed by atoms with E-state index in [9.17, 15) is 14.0 Å². The van der Waals surface area contributed by atoms with E-state index in [4.69, 9.17) is 9.47 Å². The van der Waals surface area contributed by atoms with E-state index in [1.807, 2.05) is 6.07 Å². The van der Waals surface area contributed by atoms with Gasteiger partial charge in [0.25, 0.3) is 5.91 Å². The fraction of sp³-hybridized carbons (Fsp3) is 0.360. The number of aryl methyl sites for hydroxylation is 1. The minimum atomic E-state index is -0.389. The molecule has 0 spiro atoms. The summed E-state index contributed by atoms with van der Waals surface area (Å²) in [5.74, 6) is -0.302. The number of anilines is 1. The van der Waals surface area contributed by atoms with E-state index in [0.29, 0.717) is 29.2 Å². The van der Waals surface area contributed by atoms with E-state index in [2.05, 4.69) is 22.3 Å². The third-order valence-corrected chi connectivity index (χ3v) is 6.49. The zero-order valence-electron chi connectivity index (χ0n) is 17.9. The van der Waals surface area contributed by atoms with Crippen molar-refractivity contribution >= 4 is 28.9 Å². The highest BCUT2D eigenvalue weighted by atomic mass is 19.1. The van der Waals surface area contributed by atoms with Gasteiger partial charge < -0.3 is 14.8 Å². The summed E-state index contributed by atoms with van der Waals surface area (Å²) < 4.78 is 24.6. The van der Waals surface area contributed by atoms with Crippen LogP contribution in [-0.2, 0) is 32.1 Å². The highest BCUT2D eigenvalue weighted by Gasteiger charge is 2.33. The number of benzene rings is 2. The summed E-state index contributed by atoms with van der Waals surface area (Å²) in [6, 6.07) is 10.3. The largest absolute Gasteiger partial charge is 0.487 e. The zero-order chi connectivity index (χ0) is 22.2. The van der Waals surface area contributed by atoms with E-state index < -0.39 is 0 Å². The van der Waals surface area contributed by atoms with Crippen molar-refractivity contribution in [2.24, 2.45) is 0 Å². The summed E-state index contributed by atoms with van der Waals surface area (Å²) in [5.41, 5.74) is 4.61. The second kappa shape index (κ2) is 8.39. The Balaban J connectivity index is 1.31. The first-order chi connectivity index (χ1) is 15.5. The third kappa shape index (κ3) is 3.66. The third-order valence-electron chi connectivity index (χ3n) is 6.49. The Hall–Kier alpha value is -3.19. The van der Waals surface area contributed by atoms with Crippen LogP contribution in [0.2, 0.25) is 0 Å². The Morgan fingerprint density at radius 3 is 2.97 bits per heavy atom. The Morgan fingerprint density at radius 2 is 2.12 bits per heavy atom. The molecule has 1 atom stereocenters. The highest BCUT2D eigenvalue weighted by molar-refractivity contribution is 6.36. The van der Waals surface area contributed by atoms with Gasteiger partial charge in [0.2, 0.25) is 0 Å². The van der Waals surface area contributed by atoms with Crippen LogP contribution in [0.5, 0.6) is 0 Å². The summed E-state index contributed by atoms with van der Waals surface area (Å²) in [4.78, 5) is 26.7. The number of hydrogen-bond acceptors (Lipinski definition) is 5. The molecule has 166 valence electrons. The molecular formula is C25H25FN2O4. The lowest BCUT2D eigenvalue weighted by atomic mass is 9.98. The van der Waals surface area contributed by atoms with Crippen LogP contribution in [0.4, 0.5) is 10.1 Å². The molecule has 1 saturated heterocycles. The van der Waals surface area contributed by atoms with Gasteiger partial charge in [-0.05, 0) is 62.5 Å². The Bertz CT molecular complexity index is 1130. The van der Waals surface area contributed by atoms with Gasteiger partial charge in [-0.25, -0.2) is 4.39 Å². The van der Waals surface area contributed by atoms with Crippen molar-refractivity contribution in [2.75, 3.05) is 25.5 Å². The van der Waals surface area contributed by atoms with Crippen LogP contribution >= 0.6 is 0 Å². The number of carbonyl (C=O) groups excluding carboxylic acids is 2. The lowest BCUT2D eigenvalue weighted by Gasteiger charge is -2.22. The van der Waals surface area contributed by atoms with Crippen LogP contribution in [0.1, 0.15) is 41.5 Å². The number of carbonyl (C=O) groups is 2. The molecule has 3 aliphatic rings. The van der Waals surface area contributed by atoms with Crippen molar-refractivity contribution in [1.82, 2.24) is 4.90 Å². The molecule has 32 heavy (non-hydrogen) atoms. The molecule has 2 aromatic carbocycles. The van der Waals surface area contributed by atoms with Gasteiger partial charge in [-0.3, -0.25) is 14.5 Å². The maximum Gasteiger partial charge on any atom is 0.323 e. The van der Waals surface area contributed by atoms with E-state index in [1.54, 1.807) is 6.07 Å². The van der Waals surface area contributed by atoms with Crippen LogP contribution in [0.15, 0.2) is 36.4 Å². The molecule has 1 amide bonds. The molecule has 5 rings (SSSR count). The molecule has 3 heterocycles. The average molecular weight is 436 g/mol. The summed E-state index contributed by atoms with van der Waals surface area (Å²) in [6.45, 7) is 2.17. The number of nitrogens with zero attached hydrogens (tertiary/aromatic N) is 1. The maximum absolute atomic E-state index is 13.8. The van der Waals surface area contributed by atoms with Gasteiger partial charge in [-0.15, -0.1) is 0 Å². The van der Waals surface area contributed by atoms with Crippen LogP contribution in [0.25, 0.3) is 11.3 Å². The topological polar surface area (TPSA) is 67.9 Å². The summed E-state index contributed by atoms with van der Waals surface area (Å²) >= 11 is 0. The summed E-state index contributed by atoms with van der Waals surface area (Å²) in [6.07, 6.45) is 3.71. The van der Waals surface area contributed by atoms with Crippen molar-refractivity contribution in [1.29, 1.82) is 0 Å². The van der Waals surface area contributed by atoms with Gasteiger partial charge in [0, 0.05) is 22.4 Å². The quantitative estimate of drug-likeness (QED) is 0.571. The average Bonchev–Trinajstić information content (AvgIpc) is 3.49. The molecule has 2 aromatic rings. The number of amides is 1. The molecule has 0 bridgehead atoms. The number of esters is 1. The highest BCUT2D eigenvalue weighted by Crippen LogP contribution is 2.42. The number of halogens is 1. The van der Waals surface area contributed by atoms with Gasteiger partial charge in [0.1, 0.15) is 24.2 Å². The first-order valence-corrected chi connectivity index (χ1v) is 11.0. The van der Waals surface area contributed by atoms with E-state index in [1.165, 1.54) is 24.8 Å². The van der Waals surface area contributed by atoms with Crippen molar-refractivity contribution in [2.45, 2.75) is 38.3 Å². The number of methoxy groups -OCH3 is 1. The standard InChI is InChI=1S/C25H25FN2O4/c1-31-25(30)21-5-3-11-28(21)10-2-4-15-6-8-18-16(12-15)14-32-23(18)22-19-13-17(26)7-9-20(19)27-24(22)29/h6-9,12-13,21H,2-5,10-11,14H2,1H3,(H,27,29). The van der Waals surface area contributed by atoms with Gasteiger partial charge in [-0.2, -0.15) is 0 Å². The predicted molar refractivity (Wildman–Crippen MR) is 118 cm³/mol. The number of fused-ring (bicyclic) bond motifs is 2. The first-order valence-electron chi connectivity index (χ1n) is 11.0. The van der Waals surface area contributed by atoms with E-state index >= 15 is 0 Å². The SMILES string of the molecule is COC(=O)C1CCCN1CCCc1ccc2c(c1)COC2=C1C(=O)Nc2ccc(F)cc21. The predicted octanol–water partition coefficient (Wildman–Crippen LogP) is 3.75. The van der Waals surface area contributed by atoms with E-state index in [0.717, 1.165) is 49.9 Å². The maximum atomic E-state index is 13.8. The van der Waals surface area contributed by atoms with Gasteiger partial charge in [-0.1, -0.05) is 18.2 Å². The molecule has 3 aliphatic heterocycles. The summed E-state index contributed by atoms with van der Waals surface area (Å²) in [7, 11) is 1.44. The van der Waals surface area contributed by atoms with Gasteiger partial charge in [0.05, 0.1) is 12.7 Å². The number of ether oxygens (including phenoxy) is 2. The van der Waals surface area contributed by atoms with Gasteiger partial charge >= 0.3 is 5.97 Å². The Kier molecular flexibility index (Phi) is 5.43. The van der Waals surface area contributed by atoms with Crippen molar-refractivity contribution in [3.63, 3.8) is 0 Å².